The summed E-state index contributed by atoms with van der Waals surface area (Å²) in [5.74, 6) is 1.16. The molecule has 2 aliphatic heterocycles. The van der Waals surface area contributed by atoms with Crippen LogP contribution in [0.2, 0.25) is 0 Å². The molecule has 0 spiro atoms. The summed E-state index contributed by atoms with van der Waals surface area (Å²) in [6, 6.07) is 7.40. The number of amides is 1. The molecule has 1 aromatic carbocycles. The second-order valence-corrected chi connectivity index (χ2v) is 8.66. The summed E-state index contributed by atoms with van der Waals surface area (Å²) in [6.07, 6.45) is 6.97. The van der Waals surface area contributed by atoms with Crippen LogP contribution in [0, 0.1) is 17.7 Å². The fourth-order valence-electron chi connectivity index (χ4n) is 4.51. The Morgan fingerprint density at radius 3 is 2.67 bits per heavy atom. The van der Waals surface area contributed by atoms with E-state index in [9.17, 15) is 9.18 Å². The van der Waals surface area contributed by atoms with Crippen molar-refractivity contribution in [2.24, 2.45) is 11.8 Å². The molecule has 1 N–H and O–H groups in total. The van der Waals surface area contributed by atoms with Gasteiger partial charge in [-0.1, -0.05) is 12.1 Å². The predicted octanol–water partition coefficient (Wildman–Crippen LogP) is 3.03. The molecule has 1 amide bonds. The van der Waals surface area contributed by atoms with Crippen LogP contribution in [0.15, 0.2) is 24.3 Å². The van der Waals surface area contributed by atoms with E-state index in [0.29, 0.717) is 11.9 Å². The Labute approximate surface area is 162 Å². The van der Waals surface area contributed by atoms with Gasteiger partial charge in [0.25, 0.3) is 0 Å². The molecule has 1 saturated carbocycles. The van der Waals surface area contributed by atoms with Crippen LogP contribution < -0.4 is 5.32 Å². The van der Waals surface area contributed by atoms with Crippen LogP contribution >= 0.6 is 0 Å². The van der Waals surface area contributed by atoms with E-state index < -0.39 is 0 Å². The molecule has 1 aliphatic carbocycles. The van der Waals surface area contributed by atoms with Crippen LogP contribution in [-0.2, 0) is 11.3 Å². The lowest BCUT2D eigenvalue weighted by atomic mass is 9.94. The average Bonchev–Trinajstić information content (AvgIpc) is 3.51. The number of hydrogen-bond donors (Lipinski definition) is 1. The molecule has 2 heterocycles. The minimum atomic E-state index is -0.185. The van der Waals surface area contributed by atoms with Gasteiger partial charge in [-0.3, -0.25) is 9.69 Å². The number of hydrogen-bond acceptors (Lipinski definition) is 3. The number of carbonyl (C=O) groups is 1. The van der Waals surface area contributed by atoms with Crippen LogP contribution in [0.4, 0.5) is 4.39 Å². The predicted molar refractivity (Wildman–Crippen MR) is 105 cm³/mol. The Morgan fingerprint density at radius 2 is 1.93 bits per heavy atom. The molecule has 1 atom stereocenters. The van der Waals surface area contributed by atoms with Crippen molar-refractivity contribution in [3.05, 3.63) is 35.6 Å². The first kappa shape index (κ1) is 18.9. The molecule has 1 aromatic rings. The average molecular weight is 374 g/mol. The van der Waals surface area contributed by atoms with Gasteiger partial charge in [0.15, 0.2) is 0 Å². The lowest BCUT2D eigenvalue weighted by Gasteiger charge is -2.38. The maximum Gasteiger partial charge on any atom is 0.226 e. The van der Waals surface area contributed by atoms with E-state index in [0.717, 1.165) is 76.4 Å². The maximum atomic E-state index is 13.4. The molecule has 0 aromatic heterocycles. The SMILES string of the molecule is O=C(C1CCCN(Cc2cccc(F)c2)C1)N1CCC(NCC2CC2)CC1. The van der Waals surface area contributed by atoms with Crippen LogP contribution in [0.3, 0.4) is 0 Å². The number of nitrogens with zero attached hydrogens (tertiary/aromatic N) is 2. The Bertz CT molecular complexity index is 640. The lowest BCUT2D eigenvalue weighted by molar-refractivity contribution is -0.138. The summed E-state index contributed by atoms with van der Waals surface area (Å²) >= 11 is 0. The Kier molecular flexibility index (Phi) is 6.08. The van der Waals surface area contributed by atoms with Gasteiger partial charge in [0, 0.05) is 32.2 Å². The van der Waals surface area contributed by atoms with E-state index in [2.05, 4.69) is 15.1 Å². The minimum absolute atomic E-state index is 0.100. The van der Waals surface area contributed by atoms with Gasteiger partial charge in [0.2, 0.25) is 5.91 Å². The van der Waals surface area contributed by atoms with Crippen molar-refractivity contribution in [2.45, 2.75) is 51.1 Å². The van der Waals surface area contributed by atoms with E-state index in [1.807, 2.05) is 6.07 Å². The number of halogens is 1. The van der Waals surface area contributed by atoms with Crippen LogP contribution in [0.1, 0.15) is 44.1 Å². The van der Waals surface area contributed by atoms with Gasteiger partial charge in [-0.15, -0.1) is 0 Å². The standard InChI is InChI=1S/C22H32FN3O/c23-20-5-1-3-18(13-20)15-25-10-2-4-19(16-25)22(27)26-11-8-21(9-12-26)24-14-17-6-7-17/h1,3,5,13,17,19,21,24H,2,4,6-12,14-16H2. The van der Waals surface area contributed by atoms with Gasteiger partial charge in [-0.05, 0) is 75.2 Å². The zero-order valence-corrected chi connectivity index (χ0v) is 16.2. The van der Waals surface area contributed by atoms with Crippen molar-refractivity contribution < 1.29 is 9.18 Å². The van der Waals surface area contributed by atoms with E-state index in [4.69, 9.17) is 0 Å². The molecule has 4 rings (SSSR count). The molecule has 1 unspecified atom stereocenters. The smallest absolute Gasteiger partial charge is 0.226 e. The van der Waals surface area contributed by atoms with Crippen LogP contribution in [0.25, 0.3) is 0 Å². The van der Waals surface area contributed by atoms with E-state index in [-0.39, 0.29) is 11.7 Å². The normalized spacial score (nSPS) is 24.9. The summed E-state index contributed by atoms with van der Waals surface area (Å²) in [5, 5.41) is 3.68. The summed E-state index contributed by atoms with van der Waals surface area (Å²) in [5.41, 5.74) is 0.991. The van der Waals surface area contributed by atoms with Crippen molar-refractivity contribution in [3.8, 4) is 0 Å². The molecular weight excluding hydrogens is 341 g/mol. The van der Waals surface area contributed by atoms with Gasteiger partial charge >= 0.3 is 0 Å². The van der Waals surface area contributed by atoms with E-state index in [1.54, 1.807) is 12.1 Å². The third-order valence-electron chi connectivity index (χ3n) is 6.35. The monoisotopic (exact) mass is 373 g/mol. The third kappa shape index (κ3) is 5.29. The third-order valence-corrected chi connectivity index (χ3v) is 6.35. The zero-order valence-electron chi connectivity index (χ0n) is 16.2. The van der Waals surface area contributed by atoms with Crippen LogP contribution in [-0.4, -0.2) is 54.5 Å². The second-order valence-electron chi connectivity index (χ2n) is 8.66. The largest absolute Gasteiger partial charge is 0.342 e. The Hall–Kier alpha value is -1.46. The number of piperidine rings is 2. The molecule has 5 heteroatoms. The number of benzene rings is 1. The topological polar surface area (TPSA) is 35.6 Å². The first-order valence-corrected chi connectivity index (χ1v) is 10.7. The zero-order chi connectivity index (χ0) is 18.6. The van der Waals surface area contributed by atoms with E-state index in [1.165, 1.54) is 18.9 Å². The van der Waals surface area contributed by atoms with Gasteiger partial charge in [0.1, 0.15) is 5.82 Å². The highest BCUT2D eigenvalue weighted by Gasteiger charge is 2.32. The molecular formula is C22H32FN3O. The number of nitrogens with one attached hydrogen (secondary N) is 1. The van der Waals surface area contributed by atoms with Crippen LogP contribution in [0.5, 0.6) is 0 Å². The number of rotatable bonds is 6. The fourth-order valence-corrected chi connectivity index (χ4v) is 4.51. The van der Waals surface area contributed by atoms with Crippen molar-refractivity contribution in [2.75, 3.05) is 32.7 Å². The molecule has 0 bridgehead atoms. The summed E-state index contributed by atoms with van der Waals surface area (Å²) in [4.78, 5) is 17.4. The number of carbonyl (C=O) groups excluding carboxylic acids is 1. The van der Waals surface area contributed by atoms with Crippen molar-refractivity contribution in [3.63, 3.8) is 0 Å². The lowest BCUT2D eigenvalue weighted by Crippen LogP contribution is -2.49. The van der Waals surface area contributed by atoms with Gasteiger partial charge in [-0.25, -0.2) is 4.39 Å². The summed E-state index contributed by atoms with van der Waals surface area (Å²) in [6.45, 7) is 5.47. The van der Waals surface area contributed by atoms with Crippen molar-refractivity contribution in [1.29, 1.82) is 0 Å². The van der Waals surface area contributed by atoms with Crippen molar-refractivity contribution in [1.82, 2.24) is 15.1 Å². The number of likely N-dealkylation sites (tertiary alicyclic amines) is 2. The highest BCUT2D eigenvalue weighted by molar-refractivity contribution is 5.79. The maximum absolute atomic E-state index is 13.4. The first-order valence-electron chi connectivity index (χ1n) is 10.7. The second kappa shape index (κ2) is 8.70. The Morgan fingerprint density at radius 1 is 1.11 bits per heavy atom. The van der Waals surface area contributed by atoms with E-state index >= 15 is 0 Å². The van der Waals surface area contributed by atoms with Crippen molar-refractivity contribution >= 4 is 5.91 Å². The van der Waals surface area contributed by atoms with Gasteiger partial charge in [0.05, 0.1) is 5.92 Å². The summed E-state index contributed by atoms with van der Waals surface area (Å²) < 4.78 is 13.4. The quantitative estimate of drug-likeness (QED) is 0.833. The minimum Gasteiger partial charge on any atom is -0.342 e. The van der Waals surface area contributed by atoms with Gasteiger partial charge in [-0.2, -0.15) is 0 Å². The summed E-state index contributed by atoms with van der Waals surface area (Å²) in [7, 11) is 0. The van der Waals surface area contributed by atoms with Gasteiger partial charge < -0.3 is 10.2 Å². The molecule has 2 saturated heterocycles. The molecule has 27 heavy (non-hydrogen) atoms. The molecule has 0 radical (unpaired) electrons. The molecule has 4 nitrogen and oxygen atoms in total. The first-order chi connectivity index (χ1) is 13.2. The molecule has 3 fully saturated rings. The highest BCUT2D eigenvalue weighted by Crippen LogP contribution is 2.28. The fraction of sp³-hybridized carbons (Fsp3) is 0.682. The molecule has 3 aliphatic rings. The molecule has 148 valence electrons. The Balaban J connectivity index is 1.24. The highest BCUT2D eigenvalue weighted by atomic mass is 19.1.